The van der Waals surface area contributed by atoms with Crippen LogP contribution in [0.3, 0.4) is 0 Å². The molecule has 1 unspecified atom stereocenters. The number of urea groups is 1. The number of ether oxygens (including phenoxy) is 1. The van der Waals surface area contributed by atoms with Crippen molar-refractivity contribution in [2.45, 2.75) is 26.3 Å². The van der Waals surface area contributed by atoms with E-state index in [1.807, 2.05) is 38.1 Å². The van der Waals surface area contributed by atoms with E-state index in [1.165, 1.54) is 0 Å². The number of benzene rings is 1. The van der Waals surface area contributed by atoms with Gasteiger partial charge in [-0.3, -0.25) is 9.69 Å². The Hall–Kier alpha value is -2.24. The highest BCUT2D eigenvalue weighted by molar-refractivity contribution is 5.96. The van der Waals surface area contributed by atoms with Crippen molar-refractivity contribution in [2.24, 2.45) is 0 Å². The molecule has 0 aliphatic carbocycles. The average molecular weight is 305 g/mol. The second-order valence-electron chi connectivity index (χ2n) is 5.43. The molecule has 3 amide bonds. The second-order valence-corrected chi connectivity index (χ2v) is 5.43. The zero-order valence-corrected chi connectivity index (χ0v) is 13.3. The van der Waals surface area contributed by atoms with E-state index in [4.69, 9.17) is 4.74 Å². The van der Waals surface area contributed by atoms with Crippen LogP contribution >= 0.6 is 0 Å². The summed E-state index contributed by atoms with van der Waals surface area (Å²) in [5, 5.41) is 2.88. The molecule has 1 aliphatic heterocycles. The highest BCUT2D eigenvalue weighted by Gasteiger charge is 2.30. The standard InChI is InChI=1S/C16H23N3O3/c1-4-12(2)17-15(20)11-18-9-10-19(16(18)21)13-5-7-14(22-3)8-6-13/h5-8,12H,4,9-11H2,1-3H3,(H,17,20). The molecule has 22 heavy (non-hydrogen) atoms. The van der Waals surface area contributed by atoms with Crippen molar-refractivity contribution in [3.63, 3.8) is 0 Å². The van der Waals surface area contributed by atoms with E-state index in [9.17, 15) is 9.59 Å². The van der Waals surface area contributed by atoms with Crippen LogP contribution in [0.1, 0.15) is 20.3 Å². The Morgan fingerprint density at radius 2 is 2.00 bits per heavy atom. The minimum atomic E-state index is -0.135. The molecule has 1 N–H and O–H groups in total. The van der Waals surface area contributed by atoms with Crippen molar-refractivity contribution in [3.8, 4) is 5.75 Å². The van der Waals surface area contributed by atoms with Gasteiger partial charge in [-0.15, -0.1) is 0 Å². The van der Waals surface area contributed by atoms with Crippen molar-refractivity contribution in [2.75, 3.05) is 31.6 Å². The fraction of sp³-hybridized carbons (Fsp3) is 0.500. The summed E-state index contributed by atoms with van der Waals surface area (Å²) < 4.78 is 5.11. The maximum absolute atomic E-state index is 12.4. The van der Waals surface area contributed by atoms with Crippen LogP contribution in [0, 0.1) is 0 Å². The van der Waals surface area contributed by atoms with Gasteiger partial charge in [0.1, 0.15) is 12.3 Å². The quantitative estimate of drug-likeness (QED) is 0.872. The van der Waals surface area contributed by atoms with Crippen LogP contribution in [0.4, 0.5) is 10.5 Å². The van der Waals surface area contributed by atoms with E-state index in [1.54, 1.807) is 16.9 Å². The van der Waals surface area contributed by atoms with E-state index in [0.717, 1.165) is 17.9 Å². The molecular weight excluding hydrogens is 282 g/mol. The molecule has 0 bridgehead atoms. The molecule has 0 spiro atoms. The number of rotatable bonds is 6. The third kappa shape index (κ3) is 3.69. The zero-order chi connectivity index (χ0) is 16.1. The molecule has 6 heteroatoms. The average Bonchev–Trinajstić information content (AvgIpc) is 2.88. The van der Waals surface area contributed by atoms with Crippen molar-refractivity contribution in [1.29, 1.82) is 0 Å². The number of amides is 3. The van der Waals surface area contributed by atoms with Crippen LogP contribution in [0.25, 0.3) is 0 Å². The lowest BCUT2D eigenvalue weighted by atomic mass is 10.2. The molecule has 120 valence electrons. The number of anilines is 1. The third-order valence-electron chi connectivity index (χ3n) is 3.83. The highest BCUT2D eigenvalue weighted by Crippen LogP contribution is 2.23. The highest BCUT2D eigenvalue weighted by atomic mass is 16.5. The largest absolute Gasteiger partial charge is 0.497 e. The molecule has 1 atom stereocenters. The molecule has 0 aromatic heterocycles. The Morgan fingerprint density at radius 3 is 2.59 bits per heavy atom. The molecule has 1 aliphatic rings. The van der Waals surface area contributed by atoms with Crippen molar-refractivity contribution in [1.82, 2.24) is 10.2 Å². The van der Waals surface area contributed by atoms with Crippen LogP contribution < -0.4 is 15.0 Å². The van der Waals surface area contributed by atoms with Gasteiger partial charge >= 0.3 is 6.03 Å². The van der Waals surface area contributed by atoms with Gasteiger partial charge in [-0.25, -0.2) is 4.79 Å². The van der Waals surface area contributed by atoms with Crippen LogP contribution in [0.2, 0.25) is 0 Å². The number of hydrogen-bond donors (Lipinski definition) is 1. The fourth-order valence-corrected chi connectivity index (χ4v) is 2.33. The van der Waals surface area contributed by atoms with E-state index >= 15 is 0 Å². The first kappa shape index (κ1) is 16.1. The maximum Gasteiger partial charge on any atom is 0.325 e. The van der Waals surface area contributed by atoms with Crippen LogP contribution in [0.5, 0.6) is 5.75 Å². The Morgan fingerprint density at radius 1 is 1.32 bits per heavy atom. The Labute approximate surface area is 131 Å². The SMILES string of the molecule is CCC(C)NC(=O)CN1CCN(c2ccc(OC)cc2)C1=O. The lowest BCUT2D eigenvalue weighted by Crippen LogP contribution is -2.42. The Bertz CT molecular complexity index is 530. The van der Waals surface area contributed by atoms with Gasteiger partial charge in [0.25, 0.3) is 0 Å². The number of nitrogens with one attached hydrogen (secondary N) is 1. The van der Waals surface area contributed by atoms with Gasteiger partial charge in [0.05, 0.1) is 7.11 Å². The van der Waals surface area contributed by atoms with Gasteiger partial charge in [-0.1, -0.05) is 6.92 Å². The summed E-state index contributed by atoms with van der Waals surface area (Å²) in [6.07, 6.45) is 0.873. The number of hydrogen-bond acceptors (Lipinski definition) is 3. The van der Waals surface area contributed by atoms with Gasteiger partial charge in [0, 0.05) is 24.8 Å². The summed E-state index contributed by atoms with van der Waals surface area (Å²) in [6.45, 7) is 5.21. The van der Waals surface area contributed by atoms with E-state index in [-0.39, 0.29) is 24.5 Å². The molecule has 1 fully saturated rings. The van der Waals surface area contributed by atoms with Gasteiger partial charge in [-0.2, -0.15) is 0 Å². The molecule has 0 radical (unpaired) electrons. The number of carbonyl (C=O) groups is 2. The number of carbonyl (C=O) groups excluding carboxylic acids is 2. The minimum Gasteiger partial charge on any atom is -0.497 e. The minimum absolute atomic E-state index is 0.107. The van der Waals surface area contributed by atoms with E-state index in [0.29, 0.717) is 13.1 Å². The lowest BCUT2D eigenvalue weighted by molar-refractivity contribution is -0.122. The summed E-state index contributed by atoms with van der Waals surface area (Å²) in [7, 11) is 1.60. The summed E-state index contributed by atoms with van der Waals surface area (Å²) in [5.41, 5.74) is 0.815. The predicted octanol–water partition coefficient (Wildman–Crippen LogP) is 1.85. The maximum atomic E-state index is 12.4. The first-order valence-electron chi connectivity index (χ1n) is 7.55. The van der Waals surface area contributed by atoms with Crippen molar-refractivity contribution < 1.29 is 14.3 Å². The summed E-state index contributed by atoms with van der Waals surface area (Å²) in [5.74, 6) is 0.638. The summed E-state index contributed by atoms with van der Waals surface area (Å²) in [4.78, 5) is 27.5. The molecule has 1 aromatic carbocycles. The monoisotopic (exact) mass is 305 g/mol. The van der Waals surface area contributed by atoms with Crippen LogP contribution in [0.15, 0.2) is 24.3 Å². The van der Waals surface area contributed by atoms with E-state index < -0.39 is 0 Å². The summed E-state index contributed by atoms with van der Waals surface area (Å²) in [6, 6.07) is 7.33. The number of methoxy groups -OCH3 is 1. The van der Waals surface area contributed by atoms with Gasteiger partial charge in [-0.05, 0) is 37.6 Å². The van der Waals surface area contributed by atoms with Gasteiger partial charge < -0.3 is 15.0 Å². The number of nitrogens with zero attached hydrogens (tertiary/aromatic N) is 2. The van der Waals surface area contributed by atoms with Crippen LogP contribution in [-0.4, -0.2) is 49.6 Å². The van der Waals surface area contributed by atoms with Crippen LogP contribution in [-0.2, 0) is 4.79 Å². The zero-order valence-electron chi connectivity index (χ0n) is 13.3. The second kappa shape index (κ2) is 7.15. The molecule has 1 saturated heterocycles. The normalized spacial score (nSPS) is 15.9. The molecule has 2 rings (SSSR count). The predicted molar refractivity (Wildman–Crippen MR) is 85.2 cm³/mol. The first-order chi connectivity index (χ1) is 10.5. The van der Waals surface area contributed by atoms with Gasteiger partial charge in [0.15, 0.2) is 0 Å². The molecule has 1 aromatic rings. The van der Waals surface area contributed by atoms with Crippen molar-refractivity contribution >= 4 is 17.6 Å². The van der Waals surface area contributed by atoms with E-state index in [2.05, 4.69) is 5.32 Å². The Balaban J connectivity index is 1.95. The smallest absolute Gasteiger partial charge is 0.325 e. The lowest BCUT2D eigenvalue weighted by Gasteiger charge is -2.19. The fourth-order valence-electron chi connectivity index (χ4n) is 2.33. The molecular formula is C16H23N3O3. The van der Waals surface area contributed by atoms with Crippen molar-refractivity contribution in [3.05, 3.63) is 24.3 Å². The van der Waals surface area contributed by atoms with Gasteiger partial charge in [0.2, 0.25) is 5.91 Å². The Kier molecular flexibility index (Phi) is 5.25. The molecule has 0 saturated carbocycles. The third-order valence-corrected chi connectivity index (χ3v) is 3.83. The first-order valence-corrected chi connectivity index (χ1v) is 7.55. The molecule has 6 nitrogen and oxygen atoms in total. The molecule has 1 heterocycles. The summed E-state index contributed by atoms with van der Waals surface area (Å²) >= 11 is 0. The topological polar surface area (TPSA) is 61.9 Å².